The second-order valence-corrected chi connectivity index (χ2v) is 5.62. The van der Waals surface area contributed by atoms with Gasteiger partial charge in [-0.1, -0.05) is 42.5 Å². The summed E-state index contributed by atoms with van der Waals surface area (Å²) in [6.45, 7) is 0.322. The van der Waals surface area contributed by atoms with Gasteiger partial charge in [0.25, 0.3) is 5.91 Å². The molecule has 2 aromatic carbocycles. The van der Waals surface area contributed by atoms with Crippen molar-refractivity contribution < 1.29 is 18.7 Å². The number of anilines is 1. The number of hydrogen-bond donors (Lipinski definition) is 0. The number of ether oxygens (including phenoxy) is 1. The summed E-state index contributed by atoms with van der Waals surface area (Å²) in [5.74, 6) is -0.541. The number of oxazole rings is 1. The zero-order valence-electron chi connectivity index (χ0n) is 14.7. The molecule has 1 aromatic heterocycles. The number of benzene rings is 2. The number of hydrogen-bond acceptors (Lipinski definition) is 5. The lowest BCUT2D eigenvalue weighted by atomic mass is 10.1. The molecule has 1 amide bonds. The minimum Gasteiger partial charge on any atom is -0.466 e. The molecule has 3 aromatic rings. The van der Waals surface area contributed by atoms with Crippen LogP contribution in [0.25, 0.3) is 11.5 Å². The second kappa shape index (κ2) is 8.62. The Morgan fingerprint density at radius 1 is 1.07 bits per heavy atom. The van der Waals surface area contributed by atoms with Gasteiger partial charge in [0.2, 0.25) is 5.89 Å². The number of carbonyl (C=O) groups is 2. The monoisotopic (exact) mass is 362 g/mol. The number of methoxy groups -OCH3 is 1. The summed E-state index contributed by atoms with van der Waals surface area (Å²) in [6, 6.07) is 16.9. The molecule has 27 heavy (non-hydrogen) atoms. The van der Waals surface area contributed by atoms with E-state index in [1.54, 1.807) is 11.1 Å². The van der Waals surface area contributed by atoms with E-state index in [2.05, 4.69) is 9.72 Å². The molecule has 0 N–H and O–H groups in total. The van der Waals surface area contributed by atoms with Crippen molar-refractivity contribution in [3.63, 3.8) is 0 Å². The van der Waals surface area contributed by atoms with Gasteiger partial charge in [0.05, 0.1) is 31.1 Å². The first-order chi connectivity index (χ1) is 13.2. The summed E-state index contributed by atoms with van der Waals surface area (Å²) in [7, 11) is 1.26. The molecule has 0 spiro atoms. The topological polar surface area (TPSA) is 72.6 Å². The standard InChI is InChI=1S/C21H18N2O4/c1-26-20(25)12-11-19(24)23(15-16-7-3-2-4-8-16)18-10-6-5-9-17(18)21-22-13-14-27-21/h2-14H,15H2,1H3/b12-11+. The van der Waals surface area contributed by atoms with Gasteiger partial charge < -0.3 is 14.1 Å². The first-order valence-electron chi connectivity index (χ1n) is 8.29. The van der Waals surface area contributed by atoms with Crippen molar-refractivity contribution in [2.75, 3.05) is 12.0 Å². The van der Waals surface area contributed by atoms with Gasteiger partial charge in [0.15, 0.2) is 0 Å². The highest BCUT2D eigenvalue weighted by Crippen LogP contribution is 2.31. The Kier molecular flexibility index (Phi) is 5.79. The molecular formula is C21H18N2O4. The fourth-order valence-electron chi connectivity index (χ4n) is 2.59. The average Bonchev–Trinajstić information content (AvgIpc) is 3.25. The molecule has 0 saturated carbocycles. The summed E-state index contributed by atoms with van der Waals surface area (Å²) >= 11 is 0. The van der Waals surface area contributed by atoms with Crippen molar-refractivity contribution in [1.82, 2.24) is 4.98 Å². The van der Waals surface area contributed by atoms with E-state index in [0.717, 1.165) is 11.6 Å². The number of amides is 1. The van der Waals surface area contributed by atoms with Crippen LogP contribution in [-0.4, -0.2) is 24.0 Å². The van der Waals surface area contributed by atoms with Gasteiger partial charge in [-0.25, -0.2) is 9.78 Å². The molecule has 0 saturated heterocycles. The van der Waals surface area contributed by atoms with Crippen LogP contribution < -0.4 is 4.90 Å². The maximum Gasteiger partial charge on any atom is 0.330 e. The van der Waals surface area contributed by atoms with Crippen LogP contribution in [0.2, 0.25) is 0 Å². The van der Waals surface area contributed by atoms with Gasteiger partial charge in [-0.3, -0.25) is 4.79 Å². The van der Waals surface area contributed by atoms with E-state index in [9.17, 15) is 9.59 Å². The molecule has 0 aliphatic carbocycles. The third kappa shape index (κ3) is 4.49. The molecule has 0 fully saturated rings. The summed E-state index contributed by atoms with van der Waals surface area (Å²) in [4.78, 5) is 30.0. The zero-order chi connectivity index (χ0) is 19.1. The third-order valence-electron chi connectivity index (χ3n) is 3.87. The summed E-state index contributed by atoms with van der Waals surface area (Å²) in [5, 5.41) is 0. The van der Waals surface area contributed by atoms with E-state index in [-0.39, 0.29) is 5.91 Å². The maximum absolute atomic E-state index is 12.9. The van der Waals surface area contributed by atoms with E-state index >= 15 is 0 Å². The lowest BCUT2D eigenvalue weighted by Crippen LogP contribution is -2.29. The highest BCUT2D eigenvalue weighted by Gasteiger charge is 2.20. The van der Waals surface area contributed by atoms with Crippen LogP contribution in [0.1, 0.15) is 5.56 Å². The molecule has 0 bridgehead atoms. The third-order valence-corrected chi connectivity index (χ3v) is 3.87. The van der Waals surface area contributed by atoms with Crippen LogP contribution in [0.3, 0.4) is 0 Å². The highest BCUT2D eigenvalue weighted by molar-refractivity contribution is 6.05. The van der Waals surface area contributed by atoms with Crippen molar-refractivity contribution in [1.29, 1.82) is 0 Å². The normalized spacial score (nSPS) is 10.7. The molecular weight excluding hydrogens is 344 g/mol. The van der Waals surface area contributed by atoms with E-state index in [4.69, 9.17) is 4.42 Å². The van der Waals surface area contributed by atoms with Crippen molar-refractivity contribution in [3.8, 4) is 11.5 Å². The Balaban J connectivity index is 2.01. The first kappa shape index (κ1) is 18.1. The van der Waals surface area contributed by atoms with Gasteiger partial charge in [-0.2, -0.15) is 0 Å². The van der Waals surface area contributed by atoms with Crippen molar-refractivity contribution in [3.05, 3.63) is 84.8 Å². The molecule has 6 heteroatoms. The minimum absolute atomic E-state index is 0.322. The fraction of sp³-hybridized carbons (Fsp3) is 0.0952. The second-order valence-electron chi connectivity index (χ2n) is 5.62. The van der Waals surface area contributed by atoms with Gasteiger partial charge in [0, 0.05) is 12.2 Å². The smallest absolute Gasteiger partial charge is 0.330 e. The van der Waals surface area contributed by atoms with Gasteiger partial charge in [0.1, 0.15) is 6.26 Å². The molecule has 0 aliphatic rings. The predicted molar refractivity (Wildman–Crippen MR) is 101 cm³/mol. The molecule has 0 atom stereocenters. The summed E-state index contributed by atoms with van der Waals surface area (Å²) < 4.78 is 9.98. The molecule has 6 nitrogen and oxygen atoms in total. The van der Waals surface area contributed by atoms with Gasteiger partial charge in [-0.15, -0.1) is 0 Å². The fourth-order valence-corrected chi connectivity index (χ4v) is 2.59. The molecule has 136 valence electrons. The number of esters is 1. The largest absolute Gasteiger partial charge is 0.466 e. The first-order valence-corrected chi connectivity index (χ1v) is 8.29. The summed E-state index contributed by atoms with van der Waals surface area (Å²) in [5.41, 5.74) is 2.25. The Bertz CT molecular complexity index is 934. The molecule has 0 radical (unpaired) electrons. The quantitative estimate of drug-likeness (QED) is 0.495. The number of rotatable bonds is 6. The van der Waals surface area contributed by atoms with Gasteiger partial charge in [-0.05, 0) is 17.7 Å². The zero-order valence-corrected chi connectivity index (χ0v) is 14.7. The van der Waals surface area contributed by atoms with Crippen LogP contribution >= 0.6 is 0 Å². The molecule has 0 aliphatic heterocycles. The number of aromatic nitrogens is 1. The van der Waals surface area contributed by atoms with Crippen LogP contribution in [-0.2, 0) is 20.9 Å². The highest BCUT2D eigenvalue weighted by atomic mass is 16.5. The Labute approximate surface area is 156 Å². The predicted octanol–water partition coefficient (Wildman–Crippen LogP) is 3.60. The van der Waals surface area contributed by atoms with Crippen LogP contribution in [0.5, 0.6) is 0 Å². The van der Waals surface area contributed by atoms with Crippen molar-refractivity contribution >= 4 is 17.6 Å². The Morgan fingerprint density at radius 2 is 1.81 bits per heavy atom. The summed E-state index contributed by atoms with van der Waals surface area (Å²) in [6.07, 6.45) is 5.33. The average molecular weight is 362 g/mol. The maximum atomic E-state index is 12.9. The van der Waals surface area contributed by atoms with Crippen LogP contribution in [0, 0.1) is 0 Å². The van der Waals surface area contributed by atoms with E-state index < -0.39 is 5.97 Å². The van der Waals surface area contributed by atoms with Crippen LogP contribution in [0.15, 0.2) is 83.6 Å². The number of para-hydroxylation sites is 1. The molecule has 1 heterocycles. The lowest BCUT2D eigenvalue weighted by molar-refractivity contribution is -0.135. The van der Waals surface area contributed by atoms with Crippen molar-refractivity contribution in [2.24, 2.45) is 0 Å². The number of carbonyl (C=O) groups excluding carboxylic acids is 2. The SMILES string of the molecule is COC(=O)/C=C/C(=O)N(Cc1ccccc1)c1ccccc1-c1ncco1. The molecule has 0 unspecified atom stereocenters. The molecule has 3 rings (SSSR count). The minimum atomic E-state index is -0.594. The van der Waals surface area contributed by atoms with E-state index in [1.807, 2.05) is 54.6 Å². The van der Waals surface area contributed by atoms with E-state index in [0.29, 0.717) is 23.7 Å². The van der Waals surface area contributed by atoms with Crippen LogP contribution in [0.4, 0.5) is 5.69 Å². The lowest BCUT2D eigenvalue weighted by Gasteiger charge is -2.23. The number of nitrogens with zero attached hydrogens (tertiary/aromatic N) is 2. The van der Waals surface area contributed by atoms with Crippen molar-refractivity contribution in [2.45, 2.75) is 6.54 Å². The van der Waals surface area contributed by atoms with Gasteiger partial charge >= 0.3 is 5.97 Å². The van der Waals surface area contributed by atoms with E-state index in [1.165, 1.54) is 19.4 Å². The Hall–Kier alpha value is -3.67. The Morgan fingerprint density at radius 3 is 2.52 bits per heavy atom.